The predicted molar refractivity (Wildman–Crippen MR) is 297 cm³/mol. The highest BCUT2D eigenvalue weighted by Gasteiger charge is 2.44. The molecule has 15 nitrogen and oxygen atoms in total. The van der Waals surface area contributed by atoms with E-state index in [-0.39, 0.29) is 54.2 Å². The van der Waals surface area contributed by atoms with Crippen LogP contribution in [0.4, 0.5) is 5.82 Å². The molecule has 1 saturated heterocycles. The van der Waals surface area contributed by atoms with Gasteiger partial charge in [-0.3, -0.25) is 19.2 Å². The average Bonchev–Trinajstić information content (AvgIpc) is 4.01. The smallest absolute Gasteiger partial charge is 0.246 e. The molecule has 1 aliphatic heterocycles. The van der Waals surface area contributed by atoms with Crippen LogP contribution in [0.25, 0.3) is 21.7 Å². The Morgan fingerprint density at radius 1 is 0.800 bits per heavy atom. The first-order valence-electron chi connectivity index (χ1n) is 27.0. The highest BCUT2D eigenvalue weighted by Crippen LogP contribution is 2.32. The number of nitrogens with one attached hydrogen (secondary N) is 3. The number of aromatic nitrogens is 3. The number of carbonyl (C=O) groups excluding carboxylic acids is 4. The molecule has 0 saturated carbocycles. The van der Waals surface area contributed by atoms with Crippen molar-refractivity contribution in [1.29, 1.82) is 0 Å². The van der Waals surface area contributed by atoms with Gasteiger partial charge in [0, 0.05) is 50.4 Å². The van der Waals surface area contributed by atoms with Gasteiger partial charge in [0.15, 0.2) is 11.6 Å². The number of nitrogen functional groups attached to an aromatic ring is 1. The van der Waals surface area contributed by atoms with Crippen molar-refractivity contribution in [3.8, 4) is 33.2 Å². The number of benzene rings is 3. The average molecular weight is 1050 g/mol. The summed E-state index contributed by atoms with van der Waals surface area (Å²) in [5.74, 6) is -0.0706. The number of thiazole rings is 1. The van der Waals surface area contributed by atoms with Crippen molar-refractivity contribution in [2.75, 3.05) is 18.9 Å². The van der Waals surface area contributed by atoms with Crippen molar-refractivity contribution in [3.63, 3.8) is 0 Å². The van der Waals surface area contributed by atoms with Gasteiger partial charge in [0.2, 0.25) is 23.6 Å². The van der Waals surface area contributed by atoms with Gasteiger partial charge in [-0.2, -0.15) is 0 Å². The number of aromatic hydroxyl groups is 1. The summed E-state index contributed by atoms with van der Waals surface area (Å²) in [5, 5.41) is 38.0. The Bertz CT molecular complexity index is 2600. The molecule has 4 amide bonds. The second kappa shape index (κ2) is 29.1. The largest absolute Gasteiger partial charge is 0.507 e. The number of phenolic OH excluding ortho intramolecular Hbond substituents is 1. The maximum atomic E-state index is 14.1. The van der Waals surface area contributed by atoms with Crippen molar-refractivity contribution >= 4 is 40.8 Å². The molecule has 5 aromatic rings. The number of ether oxygens (including phenoxy) is 1. The van der Waals surface area contributed by atoms with E-state index in [1.54, 1.807) is 35.6 Å². The zero-order valence-corrected chi connectivity index (χ0v) is 45.6. The van der Waals surface area contributed by atoms with E-state index in [0.717, 1.165) is 77.8 Å². The predicted octanol–water partition coefficient (Wildman–Crippen LogP) is 10.3. The number of aryl methyl sites for hydroxylation is 1. The Kier molecular flexibility index (Phi) is 22.4. The Labute approximate surface area is 447 Å². The van der Waals surface area contributed by atoms with Crippen molar-refractivity contribution in [2.24, 2.45) is 5.41 Å². The first-order chi connectivity index (χ1) is 36.1. The molecule has 0 radical (unpaired) electrons. The summed E-state index contributed by atoms with van der Waals surface area (Å²) >= 11 is 1.59. The lowest BCUT2D eigenvalue weighted by Crippen LogP contribution is -2.57. The molecule has 2 aromatic heterocycles. The number of hydrogen-bond donors (Lipinski definition) is 6. The van der Waals surface area contributed by atoms with Gasteiger partial charge in [0.25, 0.3) is 0 Å². The number of hydrogen-bond acceptors (Lipinski definition) is 12. The number of unbranched alkanes of at least 4 members (excludes halogenated alkanes) is 12. The molecule has 0 aliphatic carbocycles. The zero-order chi connectivity index (χ0) is 53.7. The van der Waals surface area contributed by atoms with E-state index in [0.29, 0.717) is 49.4 Å². The molecular weight excluding hydrogens is 965 g/mol. The van der Waals surface area contributed by atoms with Gasteiger partial charge in [-0.1, -0.05) is 152 Å². The van der Waals surface area contributed by atoms with Crippen LogP contribution >= 0.6 is 11.3 Å². The minimum atomic E-state index is -0.841. The molecular formula is C59H80N8O7S. The standard InChI is InChI=1S/C59H80N8O7S/c1-40(44-29-31-45(32-30-44)54-41(2)62-39-75-54)63-57(72)49-35-46(68)38-67(49)58(73)55(59(3,4)5)64-53(71)24-18-16-14-12-10-8-6-7-9-11-13-15-17-23-52(70)61-37-43-27-25-42(26-28-43)33-34-74-51-36-48(65-66-56(51)60)47-21-19-20-22-50(47)69/h19-22,25-32,36,39-40,46,49,55,68-69H,6-18,23-24,33-35,37-38H2,1-5H3,(H2,60,66)(H,61,70)(H,63,72)(H,64,71)/t40-,46+,49-,55+/m0/s1. The Hall–Kier alpha value is -6.39. The zero-order valence-electron chi connectivity index (χ0n) is 44.7. The number of phenols is 1. The second-order valence-electron chi connectivity index (χ2n) is 21.2. The van der Waals surface area contributed by atoms with Crippen LogP contribution in [0.3, 0.4) is 0 Å². The normalized spacial score (nSPS) is 15.3. The summed E-state index contributed by atoms with van der Waals surface area (Å²) in [5.41, 5.74) is 13.3. The maximum Gasteiger partial charge on any atom is 0.246 e. The van der Waals surface area contributed by atoms with Crippen LogP contribution < -0.4 is 26.4 Å². The SMILES string of the molecule is Cc1ncsc1-c1ccc([C@H](C)NC(=O)[C@@H]2C[C@@H](O)CN2C(=O)[C@@H](NC(=O)CCCCCCCCCCCCCCCC(=O)NCc2ccc(CCOc3cc(-c4ccccc4O)nnc3N)cc2)C(C)(C)C)cc1. The maximum absolute atomic E-state index is 14.1. The number of rotatable bonds is 29. The highest BCUT2D eigenvalue weighted by atomic mass is 32.1. The third-order valence-electron chi connectivity index (χ3n) is 14.0. The number of aliphatic hydroxyl groups is 1. The summed E-state index contributed by atoms with van der Waals surface area (Å²) in [6.07, 6.45) is 15.1. The van der Waals surface area contributed by atoms with Crippen LogP contribution in [-0.2, 0) is 32.1 Å². The Morgan fingerprint density at radius 3 is 2.00 bits per heavy atom. The van der Waals surface area contributed by atoms with Crippen molar-refractivity contribution in [1.82, 2.24) is 36.0 Å². The van der Waals surface area contributed by atoms with Gasteiger partial charge in [-0.05, 0) is 66.5 Å². The Morgan fingerprint density at radius 2 is 1.40 bits per heavy atom. The minimum absolute atomic E-state index is 0.0375. The molecule has 0 bridgehead atoms. The number of likely N-dealkylation sites (tertiary alicyclic amines) is 1. The summed E-state index contributed by atoms with van der Waals surface area (Å²) in [6, 6.07) is 22.7. The minimum Gasteiger partial charge on any atom is -0.507 e. The lowest BCUT2D eigenvalue weighted by Gasteiger charge is -2.35. The first kappa shape index (κ1) is 57.9. The fourth-order valence-corrected chi connectivity index (χ4v) is 10.3. The fraction of sp³-hybridized carbons (Fsp3) is 0.508. The van der Waals surface area contributed by atoms with Gasteiger partial charge < -0.3 is 41.5 Å². The molecule has 75 heavy (non-hydrogen) atoms. The van der Waals surface area contributed by atoms with Crippen molar-refractivity contribution in [2.45, 2.75) is 175 Å². The number of aliphatic hydroxyl groups excluding tert-OH is 1. The molecule has 404 valence electrons. The third-order valence-corrected chi connectivity index (χ3v) is 15.0. The molecule has 6 rings (SSSR count). The molecule has 1 aliphatic rings. The number of carbonyl (C=O) groups is 4. The van der Waals surface area contributed by atoms with E-state index < -0.39 is 23.6 Å². The van der Waals surface area contributed by atoms with Crippen molar-refractivity contribution in [3.05, 3.63) is 107 Å². The molecule has 3 aromatic carbocycles. The van der Waals surface area contributed by atoms with E-state index >= 15 is 0 Å². The fourth-order valence-electron chi connectivity index (χ4n) is 9.48. The quantitative estimate of drug-likeness (QED) is 0.0247. The van der Waals surface area contributed by atoms with E-state index in [2.05, 4.69) is 31.1 Å². The number of β-amino-alcohol motifs (C(OH)–C–C–N with tert-alkyl or cyclic N) is 1. The topological polar surface area (TPSA) is 222 Å². The van der Waals surface area contributed by atoms with Gasteiger partial charge in [0.05, 0.1) is 34.8 Å². The van der Waals surface area contributed by atoms with Crippen LogP contribution in [0.1, 0.15) is 159 Å². The van der Waals surface area contributed by atoms with Crippen LogP contribution in [-0.4, -0.2) is 85.3 Å². The van der Waals surface area contributed by atoms with E-state index in [4.69, 9.17) is 10.5 Å². The van der Waals surface area contributed by atoms with Gasteiger partial charge >= 0.3 is 0 Å². The third kappa shape index (κ3) is 18.2. The molecule has 1 fully saturated rings. The molecule has 0 spiro atoms. The van der Waals surface area contributed by atoms with Crippen molar-refractivity contribution < 1.29 is 34.1 Å². The number of nitrogens with zero attached hydrogens (tertiary/aromatic N) is 4. The molecule has 4 atom stereocenters. The lowest BCUT2D eigenvalue weighted by molar-refractivity contribution is -0.144. The van der Waals surface area contributed by atoms with Crippen LogP contribution in [0, 0.1) is 12.3 Å². The molecule has 7 N–H and O–H groups in total. The van der Waals surface area contributed by atoms with E-state index in [1.165, 1.54) is 43.4 Å². The van der Waals surface area contributed by atoms with Gasteiger partial charge in [0.1, 0.15) is 23.5 Å². The summed E-state index contributed by atoms with van der Waals surface area (Å²) in [7, 11) is 0. The molecule has 0 unspecified atom stereocenters. The first-order valence-corrected chi connectivity index (χ1v) is 27.9. The second-order valence-corrected chi connectivity index (χ2v) is 22.0. The summed E-state index contributed by atoms with van der Waals surface area (Å²) in [6.45, 7) is 10.5. The van der Waals surface area contributed by atoms with Gasteiger partial charge in [-0.25, -0.2) is 4.98 Å². The summed E-state index contributed by atoms with van der Waals surface area (Å²) < 4.78 is 5.92. The monoisotopic (exact) mass is 1040 g/mol. The van der Waals surface area contributed by atoms with Gasteiger partial charge in [-0.15, -0.1) is 21.5 Å². The van der Waals surface area contributed by atoms with Crippen LogP contribution in [0.5, 0.6) is 11.5 Å². The number of para-hydroxylation sites is 1. The van der Waals surface area contributed by atoms with E-state index in [1.807, 2.05) is 94.7 Å². The number of amides is 4. The highest BCUT2D eigenvalue weighted by molar-refractivity contribution is 7.13. The van der Waals surface area contributed by atoms with E-state index in [9.17, 15) is 29.4 Å². The molecule has 16 heteroatoms. The Balaban J connectivity index is 0.756. The lowest BCUT2D eigenvalue weighted by atomic mass is 9.85. The van der Waals surface area contributed by atoms with Crippen LogP contribution in [0.15, 0.2) is 84.4 Å². The summed E-state index contributed by atoms with van der Waals surface area (Å²) in [4.78, 5) is 60.3. The molecule has 3 heterocycles. The number of nitrogens with two attached hydrogens (primary N) is 1. The number of anilines is 1. The van der Waals surface area contributed by atoms with Crippen LogP contribution in [0.2, 0.25) is 0 Å².